The second kappa shape index (κ2) is 7.28. The van der Waals surface area contributed by atoms with Gasteiger partial charge in [-0.2, -0.15) is 0 Å². The SMILES string of the molecule is CN(CC(=O)Nc1cc(-n2cnnn2)ccc1F)Cc1cccs1. The predicted octanol–water partition coefficient (Wildman–Crippen LogP) is 1.93. The van der Waals surface area contributed by atoms with Gasteiger partial charge in [0.1, 0.15) is 12.1 Å². The Balaban J connectivity index is 1.64. The molecule has 3 aromatic rings. The number of likely N-dealkylation sites (N-methyl/N-ethyl adjacent to an activating group) is 1. The highest BCUT2D eigenvalue weighted by Crippen LogP contribution is 2.18. The summed E-state index contributed by atoms with van der Waals surface area (Å²) in [7, 11) is 1.84. The van der Waals surface area contributed by atoms with Crippen molar-refractivity contribution in [3.8, 4) is 5.69 Å². The van der Waals surface area contributed by atoms with E-state index in [0.717, 1.165) is 4.88 Å². The Morgan fingerprint density at radius 3 is 3.00 bits per heavy atom. The summed E-state index contributed by atoms with van der Waals surface area (Å²) in [5.74, 6) is -0.803. The largest absolute Gasteiger partial charge is 0.322 e. The van der Waals surface area contributed by atoms with Crippen molar-refractivity contribution in [2.45, 2.75) is 6.54 Å². The first-order chi connectivity index (χ1) is 11.6. The molecule has 9 heteroatoms. The van der Waals surface area contributed by atoms with Crippen molar-refractivity contribution in [2.24, 2.45) is 0 Å². The van der Waals surface area contributed by atoms with Crippen LogP contribution in [0.5, 0.6) is 0 Å². The standard InChI is InChI=1S/C15H15FN6OS/c1-21(8-12-3-2-6-24-12)9-15(23)18-14-7-11(4-5-13(14)16)22-10-17-19-20-22/h2-7,10H,8-9H2,1H3,(H,18,23). The highest BCUT2D eigenvalue weighted by molar-refractivity contribution is 7.09. The van der Waals surface area contributed by atoms with Gasteiger partial charge >= 0.3 is 0 Å². The minimum absolute atomic E-state index is 0.0949. The van der Waals surface area contributed by atoms with Crippen LogP contribution in [-0.2, 0) is 11.3 Å². The molecule has 3 rings (SSSR count). The van der Waals surface area contributed by atoms with E-state index in [0.29, 0.717) is 12.2 Å². The van der Waals surface area contributed by atoms with Gasteiger partial charge in [0.05, 0.1) is 17.9 Å². The zero-order valence-electron chi connectivity index (χ0n) is 12.9. The molecule has 1 N–H and O–H groups in total. The lowest BCUT2D eigenvalue weighted by molar-refractivity contribution is -0.117. The Hall–Kier alpha value is -2.65. The van der Waals surface area contributed by atoms with E-state index in [1.165, 1.54) is 29.2 Å². The van der Waals surface area contributed by atoms with Gasteiger partial charge < -0.3 is 5.32 Å². The maximum absolute atomic E-state index is 13.9. The number of tetrazole rings is 1. The van der Waals surface area contributed by atoms with Crippen LogP contribution in [0.15, 0.2) is 42.0 Å². The van der Waals surface area contributed by atoms with Crippen LogP contribution in [0.2, 0.25) is 0 Å². The third-order valence-corrected chi connectivity index (χ3v) is 4.12. The van der Waals surface area contributed by atoms with Crippen molar-refractivity contribution < 1.29 is 9.18 Å². The van der Waals surface area contributed by atoms with E-state index in [9.17, 15) is 9.18 Å². The number of hydrogen-bond donors (Lipinski definition) is 1. The van der Waals surface area contributed by atoms with Crippen molar-refractivity contribution >= 4 is 22.9 Å². The molecule has 0 saturated carbocycles. The lowest BCUT2D eigenvalue weighted by atomic mass is 10.2. The molecule has 0 spiro atoms. The number of rotatable bonds is 6. The molecule has 0 atom stereocenters. The van der Waals surface area contributed by atoms with Crippen molar-refractivity contribution in [3.63, 3.8) is 0 Å². The molecular formula is C15H15FN6OS. The topological polar surface area (TPSA) is 75.9 Å². The van der Waals surface area contributed by atoms with E-state index >= 15 is 0 Å². The van der Waals surface area contributed by atoms with Crippen LogP contribution >= 0.6 is 11.3 Å². The summed E-state index contributed by atoms with van der Waals surface area (Å²) >= 11 is 1.63. The second-order valence-electron chi connectivity index (χ2n) is 5.22. The molecule has 0 aliphatic carbocycles. The highest BCUT2D eigenvalue weighted by atomic mass is 32.1. The number of nitrogens with zero attached hydrogens (tertiary/aromatic N) is 5. The summed E-state index contributed by atoms with van der Waals surface area (Å²) in [6, 6.07) is 8.26. The first kappa shape index (κ1) is 16.2. The molecule has 2 aromatic heterocycles. The molecule has 124 valence electrons. The monoisotopic (exact) mass is 346 g/mol. The molecular weight excluding hydrogens is 331 g/mol. The number of anilines is 1. The number of carbonyl (C=O) groups excluding carboxylic acids is 1. The van der Waals surface area contributed by atoms with Gasteiger partial charge in [0.25, 0.3) is 0 Å². The van der Waals surface area contributed by atoms with Crippen molar-refractivity contribution in [3.05, 3.63) is 52.7 Å². The third kappa shape index (κ3) is 4.00. The molecule has 1 aromatic carbocycles. The molecule has 0 aliphatic rings. The average molecular weight is 346 g/mol. The van der Waals surface area contributed by atoms with Crippen LogP contribution in [0.4, 0.5) is 10.1 Å². The summed E-state index contributed by atoms with van der Waals surface area (Å²) in [5, 5.41) is 15.4. The fourth-order valence-corrected chi connectivity index (χ4v) is 2.97. The van der Waals surface area contributed by atoms with Gasteiger partial charge in [-0.1, -0.05) is 6.07 Å². The summed E-state index contributed by atoms with van der Waals surface area (Å²) in [5.41, 5.74) is 0.654. The molecule has 0 unspecified atom stereocenters. The Morgan fingerprint density at radius 1 is 1.42 bits per heavy atom. The number of thiophene rings is 1. The highest BCUT2D eigenvalue weighted by Gasteiger charge is 2.12. The molecule has 0 bridgehead atoms. The van der Waals surface area contributed by atoms with Crippen LogP contribution < -0.4 is 5.32 Å². The normalized spacial score (nSPS) is 11.0. The van der Waals surface area contributed by atoms with E-state index in [1.807, 2.05) is 29.5 Å². The lowest BCUT2D eigenvalue weighted by Crippen LogP contribution is -2.29. The molecule has 7 nitrogen and oxygen atoms in total. The van der Waals surface area contributed by atoms with E-state index < -0.39 is 5.82 Å². The summed E-state index contributed by atoms with van der Waals surface area (Å²) in [6.07, 6.45) is 1.40. The summed E-state index contributed by atoms with van der Waals surface area (Å²) in [4.78, 5) is 15.2. The smallest absolute Gasteiger partial charge is 0.238 e. The van der Waals surface area contributed by atoms with Gasteiger partial charge in [-0.25, -0.2) is 9.07 Å². The fourth-order valence-electron chi connectivity index (χ4n) is 2.19. The Kier molecular flexibility index (Phi) is 4.92. The number of benzene rings is 1. The number of hydrogen-bond acceptors (Lipinski definition) is 6. The molecule has 2 heterocycles. The van der Waals surface area contributed by atoms with Crippen LogP contribution in [0.1, 0.15) is 4.88 Å². The van der Waals surface area contributed by atoms with Gasteiger partial charge in [-0.15, -0.1) is 16.4 Å². The van der Waals surface area contributed by atoms with Gasteiger partial charge in [-0.3, -0.25) is 9.69 Å². The number of carbonyl (C=O) groups is 1. The maximum atomic E-state index is 13.9. The minimum atomic E-state index is -0.513. The zero-order chi connectivity index (χ0) is 16.9. The predicted molar refractivity (Wildman–Crippen MR) is 88.4 cm³/mol. The third-order valence-electron chi connectivity index (χ3n) is 3.26. The van der Waals surface area contributed by atoms with E-state index in [1.54, 1.807) is 11.3 Å². The second-order valence-corrected chi connectivity index (χ2v) is 6.25. The molecule has 24 heavy (non-hydrogen) atoms. The van der Waals surface area contributed by atoms with E-state index in [4.69, 9.17) is 0 Å². The summed E-state index contributed by atoms with van der Waals surface area (Å²) in [6.45, 7) is 0.824. The maximum Gasteiger partial charge on any atom is 0.238 e. The number of amides is 1. The number of aromatic nitrogens is 4. The minimum Gasteiger partial charge on any atom is -0.322 e. The lowest BCUT2D eigenvalue weighted by Gasteiger charge is -2.15. The Bertz CT molecular complexity index is 806. The van der Waals surface area contributed by atoms with Crippen molar-refractivity contribution in [1.82, 2.24) is 25.1 Å². The van der Waals surface area contributed by atoms with Crippen LogP contribution in [0.3, 0.4) is 0 Å². The van der Waals surface area contributed by atoms with Crippen LogP contribution in [0, 0.1) is 5.82 Å². The molecule has 1 amide bonds. The molecule has 0 aliphatic heterocycles. The molecule has 0 saturated heterocycles. The molecule has 0 fully saturated rings. The quantitative estimate of drug-likeness (QED) is 0.738. The zero-order valence-corrected chi connectivity index (χ0v) is 13.7. The van der Waals surface area contributed by atoms with Crippen LogP contribution in [-0.4, -0.2) is 44.6 Å². The number of nitrogens with one attached hydrogen (secondary N) is 1. The van der Waals surface area contributed by atoms with E-state index in [2.05, 4.69) is 20.8 Å². The molecule has 0 radical (unpaired) electrons. The van der Waals surface area contributed by atoms with Crippen molar-refractivity contribution in [2.75, 3.05) is 18.9 Å². The summed E-state index contributed by atoms with van der Waals surface area (Å²) < 4.78 is 15.3. The van der Waals surface area contributed by atoms with E-state index in [-0.39, 0.29) is 18.1 Å². The first-order valence-electron chi connectivity index (χ1n) is 7.15. The van der Waals surface area contributed by atoms with Gasteiger partial charge in [0, 0.05) is 11.4 Å². The van der Waals surface area contributed by atoms with Crippen molar-refractivity contribution in [1.29, 1.82) is 0 Å². The average Bonchev–Trinajstić information content (AvgIpc) is 3.22. The van der Waals surface area contributed by atoms with Gasteiger partial charge in [-0.05, 0) is 47.1 Å². The number of halogens is 1. The van der Waals surface area contributed by atoms with Gasteiger partial charge in [0.2, 0.25) is 5.91 Å². The van der Waals surface area contributed by atoms with Crippen LogP contribution in [0.25, 0.3) is 5.69 Å². The fraction of sp³-hybridized carbons (Fsp3) is 0.200. The van der Waals surface area contributed by atoms with Gasteiger partial charge in [0.15, 0.2) is 0 Å². The Morgan fingerprint density at radius 2 is 2.29 bits per heavy atom. The Labute approximate surface area is 141 Å². The first-order valence-corrected chi connectivity index (χ1v) is 8.03.